The standard InChI is InChI=1S/C19H23N3O5S/c1-3-26-19(25)17-13(14-5-4-8-27-14)11-28-18(17)21-16(24)10-22(2)9-15(23)20-12-6-7-12/h4-5,8,11-12H,3,6-7,9-10H2,1-2H3,(H,20,23)(H,21,24). The summed E-state index contributed by atoms with van der Waals surface area (Å²) in [5, 5.41) is 7.77. The van der Waals surface area contributed by atoms with Crippen LogP contribution >= 0.6 is 11.3 Å². The molecule has 1 fully saturated rings. The Kier molecular flexibility index (Phi) is 6.48. The van der Waals surface area contributed by atoms with E-state index in [-0.39, 0.29) is 43.1 Å². The highest BCUT2D eigenvalue weighted by Crippen LogP contribution is 2.36. The summed E-state index contributed by atoms with van der Waals surface area (Å²) in [6, 6.07) is 3.75. The number of furan rings is 1. The van der Waals surface area contributed by atoms with Gasteiger partial charge in [0.25, 0.3) is 0 Å². The van der Waals surface area contributed by atoms with E-state index >= 15 is 0 Å². The third kappa shape index (κ3) is 5.20. The van der Waals surface area contributed by atoms with E-state index in [1.807, 2.05) is 0 Å². The summed E-state index contributed by atoms with van der Waals surface area (Å²) in [6.45, 7) is 2.10. The molecular formula is C19H23N3O5S. The molecule has 1 aliphatic rings. The maximum Gasteiger partial charge on any atom is 0.341 e. The van der Waals surface area contributed by atoms with Gasteiger partial charge in [0.15, 0.2) is 0 Å². The highest BCUT2D eigenvalue weighted by atomic mass is 32.1. The number of amides is 2. The first-order valence-corrected chi connectivity index (χ1v) is 9.96. The zero-order valence-corrected chi connectivity index (χ0v) is 16.6. The van der Waals surface area contributed by atoms with Gasteiger partial charge in [0, 0.05) is 17.0 Å². The number of ether oxygens (including phenoxy) is 1. The molecule has 0 spiro atoms. The smallest absolute Gasteiger partial charge is 0.341 e. The fourth-order valence-electron chi connectivity index (χ4n) is 2.68. The van der Waals surface area contributed by atoms with Gasteiger partial charge in [-0.2, -0.15) is 0 Å². The van der Waals surface area contributed by atoms with Gasteiger partial charge in [0.1, 0.15) is 16.3 Å². The van der Waals surface area contributed by atoms with Gasteiger partial charge in [0.05, 0.1) is 26.0 Å². The average molecular weight is 405 g/mol. The number of thiophene rings is 1. The minimum Gasteiger partial charge on any atom is -0.464 e. The first-order chi connectivity index (χ1) is 13.5. The van der Waals surface area contributed by atoms with E-state index in [1.54, 1.807) is 36.4 Å². The lowest BCUT2D eigenvalue weighted by molar-refractivity contribution is -0.123. The van der Waals surface area contributed by atoms with E-state index in [4.69, 9.17) is 9.15 Å². The van der Waals surface area contributed by atoms with Crippen LogP contribution in [-0.4, -0.2) is 55.5 Å². The van der Waals surface area contributed by atoms with Crippen LogP contribution in [0.15, 0.2) is 28.2 Å². The zero-order valence-electron chi connectivity index (χ0n) is 15.8. The molecule has 0 aromatic carbocycles. The lowest BCUT2D eigenvalue weighted by atomic mass is 10.1. The minimum atomic E-state index is -0.525. The molecule has 8 nitrogen and oxygen atoms in total. The quantitative estimate of drug-likeness (QED) is 0.621. The van der Waals surface area contributed by atoms with Gasteiger partial charge < -0.3 is 19.8 Å². The third-order valence-corrected chi connectivity index (χ3v) is 4.98. The lowest BCUT2D eigenvalue weighted by Crippen LogP contribution is -2.39. The first-order valence-electron chi connectivity index (χ1n) is 9.08. The molecular weight excluding hydrogens is 382 g/mol. The maximum atomic E-state index is 12.4. The van der Waals surface area contributed by atoms with Crippen molar-refractivity contribution in [2.75, 3.05) is 32.1 Å². The van der Waals surface area contributed by atoms with Crippen LogP contribution in [0.1, 0.15) is 30.1 Å². The van der Waals surface area contributed by atoms with Crippen LogP contribution in [0, 0.1) is 0 Å². The summed E-state index contributed by atoms with van der Waals surface area (Å²) < 4.78 is 10.5. The van der Waals surface area contributed by atoms with Crippen LogP contribution in [0.2, 0.25) is 0 Å². The highest BCUT2D eigenvalue weighted by Gasteiger charge is 2.25. The SMILES string of the molecule is CCOC(=O)c1c(-c2ccco2)csc1NC(=O)CN(C)CC(=O)NC1CC1. The summed E-state index contributed by atoms with van der Waals surface area (Å²) in [5.74, 6) is -0.419. The van der Waals surface area contributed by atoms with Crippen molar-refractivity contribution >= 4 is 34.1 Å². The number of likely N-dealkylation sites (N-methyl/N-ethyl adjacent to an activating group) is 1. The highest BCUT2D eigenvalue weighted by molar-refractivity contribution is 7.15. The Morgan fingerprint density at radius 1 is 1.29 bits per heavy atom. The van der Waals surface area contributed by atoms with Crippen LogP contribution in [0.5, 0.6) is 0 Å². The van der Waals surface area contributed by atoms with Gasteiger partial charge in [-0.05, 0) is 38.9 Å². The Bertz CT molecular complexity index is 842. The normalized spacial score (nSPS) is 13.4. The molecule has 2 aromatic heterocycles. The molecule has 0 atom stereocenters. The summed E-state index contributed by atoms with van der Waals surface area (Å²) in [5.41, 5.74) is 0.838. The Morgan fingerprint density at radius 2 is 2.04 bits per heavy atom. The first kappa shape index (κ1) is 20.1. The number of carbonyl (C=O) groups is 3. The molecule has 1 aliphatic carbocycles. The van der Waals surface area contributed by atoms with Crippen LogP contribution in [0.3, 0.4) is 0 Å². The van der Waals surface area contributed by atoms with Crippen LogP contribution in [-0.2, 0) is 14.3 Å². The number of carbonyl (C=O) groups excluding carboxylic acids is 3. The zero-order chi connectivity index (χ0) is 20.1. The predicted octanol–water partition coefficient (Wildman–Crippen LogP) is 2.33. The molecule has 3 rings (SSSR count). The molecule has 1 saturated carbocycles. The van der Waals surface area contributed by atoms with Crippen molar-refractivity contribution in [2.45, 2.75) is 25.8 Å². The van der Waals surface area contributed by atoms with Gasteiger partial charge >= 0.3 is 5.97 Å². The summed E-state index contributed by atoms with van der Waals surface area (Å²) in [4.78, 5) is 38.3. The van der Waals surface area contributed by atoms with Crippen molar-refractivity contribution < 1.29 is 23.5 Å². The Balaban J connectivity index is 1.66. The number of nitrogens with one attached hydrogen (secondary N) is 2. The topological polar surface area (TPSA) is 101 Å². The molecule has 0 saturated heterocycles. The Hall–Kier alpha value is -2.65. The second kappa shape index (κ2) is 9.03. The van der Waals surface area contributed by atoms with E-state index in [9.17, 15) is 14.4 Å². The molecule has 2 heterocycles. The van der Waals surface area contributed by atoms with E-state index < -0.39 is 5.97 Å². The van der Waals surface area contributed by atoms with Gasteiger partial charge in [-0.1, -0.05) is 0 Å². The number of esters is 1. The molecule has 0 radical (unpaired) electrons. The predicted molar refractivity (Wildman–Crippen MR) is 105 cm³/mol. The Labute approximate surface area is 166 Å². The van der Waals surface area contributed by atoms with Crippen molar-refractivity contribution in [2.24, 2.45) is 0 Å². The number of hydrogen-bond donors (Lipinski definition) is 2. The molecule has 0 bridgehead atoms. The average Bonchev–Trinajstić information content (AvgIpc) is 3.11. The monoisotopic (exact) mass is 405 g/mol. The second-order valence-electron chi connectivity index (χ2n) is 6.61. The number of hydrogen-bond acceptors (Lipinski definition) is 7. The number of nitrogens with zero attached hydrogens (tertiary/aromatic N) is 1. The molecule has 150 valence electrons. The van der Waals surface area contributed by atoms with Crippen molar-refractivity contribution in [1.82, 2.24) is 10.2 Å². The fraction of sp³-hybridized carbons (Fsp3) is 0.421. The number of rotatable bonds is 9. The van der Waals surface area contributed by atoms with Crippen LogP contribution in [0.4, 0.5) is 5.00 Å². The largest absolute Gasteiger partial charge is 0.464 e. The lowest BCUT2D eigenvalue weighted by Gasteiger charge is -2.16. The summed E-state index contributed by atoms with van der Waals surface area (Å²) >= 11 is 1.22. The number of anilines is 1. The summed E-state index contributed by atoms with van der Waals surface area (Å²) in [7, 11) is 1.70. The van der Waals surface area contributed by atoms with Gasteiger partial charge in [-0.15, -0.1) is 11.3 Å². The molecule has 0 unspecified atom stereocenters. The molecule has 28 heavy (non-hydrogen) atoms. The Morgan fingerprint density at radius 3 is 2.68 bits per heavy atom. The summed E-state index contributed by atoms with van der Waals surface area (Å²) in [6.07, 6.45) is 3.55. The molecule has 2 N–H and O–H groups in total. The minimum absolute atomic E-state index is 0.0222. The van der Waals surface area contributed by atoms with Crippen molar-refractivity contribution in [3.05, 3.63) is 29.3 Å². The van der Waals surface area contributed by atoms with Gasteiger partial charge in [-0.3, -0.25) is 14.5 Å². The van der Waals surface area contributed by atoms with E-state index in [1.165, 1.54) is 17.6 Å². The van der Waals surface area contributed by atoms with E-state index in [0.29, 0.717) is 16.3 Å². The van der Waals surface area contributed by atoms with Crippen molar-refractivity contribution in [3.63, 3.8) is 0 Å². The van der Waals surface area contributed by atoms with Gasteiger partial charge in [-0.25, -0.2) is 4.79 Å². The van der Waals surface area contributed by atoms with Crippen molar-refractivity contribution in [1.29, 1.82) is 0 Å². The van der Waals surface area contributed by atoms with Crippen LogP contribution < -0.4 is 10.6 Å². The van der Waals surface area contributed by atoms with E-state index in [0.717, 1.165) is 12.8 Å². The van der Waals surface area contributed by atoms with Crippen LogP contribution in [0.25, 0.3) is 11.3 Å². The van der Waals surface area contributed by atoms with Gasteiger partial charge in [0.2, 0.25) is 11.8 Å². The molecule has 2 aromatic rings. The van der Waals surface area contributed by atoms with Crippen molar-refractivity contribution in [3.8, 4) is 11.3 Å². The van der Waals surface area contributed by atoms with E-state index in [2.05, 4.69) is 10.6 Å². The third-order valence-electron chi connectivity index (χ3n) is 4.08. The molecule has 9 heteroatoms. The maximum absolute atomic E-state index is 12.4. The molecule has 0 aliphatic heterocycles. The molecule has 2 amide bonds. The fourth-order valence-corrected chi connectivity index (χ4v) is 3.64. The second-order valence-corrected chi connectivity index (χ2v) is 7.49.